The second-order valence-corrected chi connectivity index (χ2v) is 9.66. The van der Waals surface area contributed by atoms with Crippen LogP contribution in [0.25, 0.3) is 27.8 Å². The first kappa shape index (κ1) is 20.4. The number of H-pyrrole nitrogens is 1. The van der Waals surface area contributed by atoms with Crippen molar-refractivity contribution in [2.75, 3.05) is 26.3 Å². The molecule has 2 fully saturated rings. The first-order valence-corrected chi connectivity index (χ1v) is 11.8. The summed E-state index contributed by atoms with van der Waals surface area (Å²) in [6.45, 7) is 8.57. The molecule has 4 aromatic rings. The van der Waals surface area contributed by atoms with Gasteiger partial charge in [0.05, 0.1) is 30.5 Å². The number of nitrogens with one attached hydrogen (secondary N) is 1. The minimum atomic E-state index is 0.335. The third kappa shape index (κ3) is 3.41. The van der Waals surface area contributed by atoms with Crippen LogP contribution in [0.4, 0.5) is 0 Å². The van der Waals surface area contributed by atoms with E-state index in [0.717, 1.165) is 43.1 Å². The zero-order valence-corrected chi connectivity index (χ0v) is 19.1. The zero-order chi connectivity index (χ0) is 22.5. The summed E-state index contributed by atoms with van der Waals surface area (Å²) in [5.74, 6) is 0.933. The van der Waals surface area contributed by atoms with Crippen LogP contribution in [0.15, 0.2) is 36.8 Å². The fraction of sp³-hybridized carbons (Fsp3) is 0.423. The van der Waals surface area contributed by atoms with Crippen LogP contribution >= 0.6 is 0 Å². The Hall–Kier alpha value is -3.21. The van der Waals surface area contributed by atoms with Crippen molar-refractivity contribution in [3.63, 3.8) is 0 Å². The topological polar surface area (TPSA) is 82.2 Å². The number of likely N-dealkylation sites (tertiary alicyclic amines) is 1. The average molecular weight is 441 g/mol. The third-order valence-corrected chi connectivity index (χ3v) is 7.36. The van der Waals surface area contributed by atoms with E-state index in [1.165, 1.54) is 35.7 Å². The molecule has 1 aromatic carbocycles. The summed E-state index contributed by atoms with van der Waals surface area (Å²) in [6.07, 6.45) is 5.85. The fourth-order valence-electron chi connectivity index (χ4n) is 5.49. The molecule has 6 rings (SSSR count). The van der Waals surface area contributed by atoms with Crippen LogP contribution < -0.4 is 0 Å². The number of fused-ring (bicyclic) bond motifs is 2. The first-order chi connectivity index (χ1) is 16.1. The second-order valence-electron chi connectivity index (χ2n) is 9.66. The molecule has 168 valence electrons. The summed E-state index contributed by atoms with van der Waals surface area (Å²) in [5, 5.41) is 15.2. The molecular weight excluding hydrogens is 412 g/mol. The highest BCUT2D eigenvalue weighted by atomic mass is 16.5. The van der Waals surface area contributed by atoms with Gasteiger partial charge < -0.3 is 9.72 Å². The van der Waals surface area contributed by atoms with Crippen LogP contribution in [-0.4, -0.2) is 56.8 Å². The van der Waals surface area contributed by atoms with Gasteiger partial charge in [-0.1, -0.05) is 19.9 Å². The molecule has 2 aliphatic rings. The van der Waals surface area contributed by atoms with Crippen molar-refractivity contribution in [3.8, 4) is 17.3 Å². The Morgan fingerprint density at radius 2 is 2.00 bits per heavy atom. The Kier molecular flexibility index (Phi) is 4.93. The van der Waals surface area contributed by atoms with Crippen molar-refractivity contribution in [2.45, 2.75) is 44.6 Å². The van der Waals surface area contributed by atoms with Crippen LogP contribution in [-0.2, 0) is 4.74 Å². The molecule has 2 saturated heterocycles. The molecule has 2 aliphatic heterocycles. The SMILES string of the molecule is CC(C)c1c(-c2cc(C#N)c3ncnn3c2)[nH]c2ccc(C3CCN(C4COC4)CC3)cc12. The predicted molar refractivity (Wildman–Crippen MR) is 127 cm³/mol. The first-order valence-electron chi connectivity index (χ1n) is 11.8. The molecule has 0 unspecified atom stereocenters. The Bertz CT molecular complexity index is 1360. The van der Waals surface area contributed by atoms with Gasteiger partial charge >= 0.3 is 0 Å². The molecule has 7 heteroatoms. The van der Waals surface area contributed by atoms with E-state index in [1.54, 1.807) is 4.52 Å². The molecule has 33 heavy (non-hydrogen) atoms. The van der Waals surface area contributed by atoms with Gasteiger partial charge in [0.1, 0.15) is 12.4 Å². The van der Waals surface area contributed by atoms with Crippen molar-refractivity contribution >= 4 is 16.6 Å². The molecule has 5 heterocycles. The van der Waals surface area contributed by atoms with E-state index in [9.17, 15) is 5.26 Å². The minimum absolute atomic E-state index is 0.335. The van der Waals surface area contributed by atoms with E-state index in [2.05, 4.69) is 58.1 Å². The van der Waals surface area contributed by atoms with Crippen molar-refractivity contribution < 1.29 is 4.74 Å². The summed E-state index contributed by atoms with van der Waals surface area (Å²) < 4.78 is 7.07. The van der Waals surface area contributed by atoms with Crippen LogP contribution in [0.5, 0.6) is 0 Å². The Morgan fingerprint density at radius 3 is 2.70 bits per heavy atom. The smallest absolute Gasteiger partial charge is 0.173 e. The van der Waals surface area contributed by atoms with E-state index in [1.807, 2.05) is 12.3 Å². The lowest BCUT2D eigenvalue weighted by Crippen LogP contribution is -2.51. The van der Waals surface area contributed by atoms with Gasteiger partial charge in [0.25, 0.3) is 0 Å². The number of piperidine rings is 1. The van der Waals surface area contributed by atoms with E-state index in [4.69, 9.17) is 4.74 Å². The number of hydrogen-bond acceptors (Lipinski definition) is 5. The van der Waals surface area contributed by atoms with Gasteiger partial charge in [-0.3, -0.25) is 4.90 Å². The van der Waals surface area contributed by atoms with Gasteiger partial charge in [0, 0.05) is 22.7 Å². The predicted octanol–water partition coefficient (Wildman–Crippen LogP) is 4.45. The number of aromatic nitrogens is 4. The lowest BCUT2D eigenvalue weighted by molar-refractivity contribution is -0.0712. The summed E-state index contributed by atoms with van der Waals surface area (Å²) in [4.78, 5) is 10.5. The number of ether oxygens (including phenoxy) is 1. The van der Waals surface area contributed by atoms with Crippen molar-refractivity contribution in [3.05, 3.63) is 53.5 Å². The Morgan fingerprint density at radius 1 is 1.18 bits per heavy atom. The molecule has 0 atom stereocenters. The number of aromatic amines is 1. The zero-order valence-electron chi connectivity index (χ0n) is 19.1. The number of hydrogen-bond donors (Lipinski definition) is 1. The number of nitrogens with zero attached hydrogens (tertiary/aromatic N) is 5. The van der Waals surface area contributed by atoms with E-state index in [-0.39, 0.29) is 0 Å². The highest BCUT2D eigenvalue weighted by molar-refractivity contribution is 5.92. The van der Waals surface area contributed by atoms with E-state index >= 15 is 0 Å². The van der Waals surface area contributed by atoms with Gasteiger partial charge in [-0.2, -0.15) is 10.4 Å². The molecule has 0 saturated carbocycles. The molecule has 0 aliphatic carbocycles. The van der Waals surface area contributed by atoms with E-state index < -0.39 is 0 Å². The van der Waals surface area contributed by atoms with Crippen LogP contribution in [0.3, 0.4) is 0 Å². The maximum absolute atomic E-state index is 9.64. The molecule has 0 amide bonds. The van der Waals surface area contributed by atoms with Crippen molar-refractivity contribution in [1.29, 1.82) is 5.26 Å². The summed E-state index contributed by atoms with van der Waals surface area (Å²) in [5.41, 5.74) is 7.00. The van der Waals surface area contributed by atoms with E-state index in [0.29, 0.717) is 29.1 Å². The molecule has 7 nitrogen and oxygen atoms in total. The van der Waals surface area contributed by atoms with Crippen molar-refractivity contribution in [2.24, 2.45) is 0 Å². The largest absolute Gasteiger partial charge is 0.378 e. The lowest BCUT2D eigenvalue weighted by atomic mass is 9.87. The summed E-state index contributed by atoms with van der Waals surface area (Å²) in [7, 11) is 0. The standard InChI is InChI=1S/C26H28N6O/c1-16(2)24-22-10-18(17-5-7-31(8-6-17)21-13-33-14-21)3-4-23(22)30-25(24)20-9-19(11-27)26-28-15-29-32(26)12-20/h3-4,9-10,12,15-17,21,30H,5-8,13-14H2,1-2H3. The van der Waals surface area contributed by atoms with Gasteiger partial charge in [0.15, 0.2) is 5.65 Å². The lowest BCUT2D eigenvalue weighted by Gasteiger charge is -2.41. The fourth-order valence-corrected chi connectivity index (χ4v) is 5.49. The van der Waals surface area contributed by atoms with Crippen molar-refractivity contribution in [1.82, 2.24) is 24.5 Å². The van der Waals surface area contributed by atoms with Gasteiger partial charge in [-0.25, -0.2) is 9.50 Å². The number of pyridine rings is 1. The summed E-state index contributed by atoms with van der Waals surface area (Å²) in [6, 6.07) is 11.7. The van der Waals surface area contributed by atoms with Gasteiger partial charge in [-0.05, 0) is 67.1 Å². The highest BCUT2D eigenvalue weighted by Gasteiger charge is 2.30. The third-order valence-electron chi connectivity index (χ3n) is 7.36. The molecule has 3 aromatic heterocycles. The van der Waals surface area contributed by atoms with Gasteiger partial charge in [-0.15, -0.1) is 0 Å². The molecule has 0 spiro atoms. The maximum Gasteiger partial charge on any atom is 0.173 e. The average Bonchev–Trinajstić information content (AvgIpc) is 3.41. The minimum Gasteiger partial charge on any atom is -0.378 e. The maximum atomic E-state index is 9.64. The van der Waals surface area contributed by atoms with Crippen LogP contribution in [0.1, 0.15) is 55.2 Å². The molecular formula is C26H28N6O. The molecule has 0 radical (unpaired) electrons. The number of benzene rings is 1. The summed E-state index contributed by atoms with van der Waals surface area (Å²) >= 11 is 0. The quantitative estimate of drug-likeness (QED) is 0.507. The normalized spacial score (nSPS) is 18.2. The Labute approximate surface area is 193 Å². The molecule has 1 N–H and O–H groups in total. The van der Waals surface area contributed by atoms with Crippen LogP contribution in [0.2, 0.25) is 0 Å². The van der Waals surface area contributed by atoms with Gasteiger partial charge in [0.2, 0.25) is 0 Å². The Balaban J connectivity index is 1.38. The monoisotopic (exact) mass is 440 g/mol. The number of nitriles is 1. The number of rotatable bonds is 4. The second kappa shape index (κ2) is 7.98. The molecule has 0 bridgehead atoms. The highest BCUT2D eigenvalue weighted by Crippen LogP contribution is 2.39. The van der Waals surface area contributed by atoms with Crippen LogP contribution in [0, 0.1) is 11.3 Å².